The summed E-state index contributed by atoms with van der Waals surface area (Å²) in [5.41, 5.74) is 1.44. The summed E-state index contributed by atoms with van der Waals surface area (Å²) in [5.74, 6) is 0. The van der Waals surface area contributed by atoms with Crippen molar-refractivity contribution in [2.24, 2.45) is 0 Å². The van der Waals surface area contributed by atoms with Crippen molar-refractivity contribution in [2.45, 2.75) is 6.54 Å². The first kappa shape index (κ1) is 13.8. The molecule has 0 bridgehead atoms. The lowest BCUT2D eigenvalue weighted by atomic mass is 9.79. The number of hydrogen-bond donors (Lipinski definition) is 2. The lowest BCUT2D eigenvalue weighted by Crippen LogP contribution is -2.44. The van der Waals surface area contributed by atoms with E-state index in [1.54, 1.807) is 18.2 Å². The molecule has 0 radical (unpaired) electrons. The SMILES string of the molecule is CN1CCN(Cc2cc(B(O)O)ccc2Cl)CC1. The van der Waals surface area contributed by atoms with E-state index in [1.807, 2.05) is 0 Å². The Morgan fingerprint density at radius 3 is 2.50 bits per heavy atom. The highest BCUT2D eigenvalue weighted by Gasteiger charge is 2.17. The molecule has 1 saturated heterocycles. The zero-order valence-electron chi connectivity index (χ0n) is 10.5. The van der Waals surface area contributed by atoms with Crippen molar-refractivity contribution in [1.82, 2.24) is 9.80 Å². The Balaban J connectivity index is 2.06. The molecular formula is C12H18BClN2O2. The number of nitrogens with zero attached hydrogens (tertiary/aromatic N) is 2. The summed E-state index contributed by atoms with van der Waals surface area (Å²) in [7, 11) is 0.682. The number of rotatable bonds is 3. The zero-order chi connectivity index (χ0) is 13.1. The van der Waals surface area contributed by atoms with E-state index in [-0.39, 0.29) is 0 Å². The van der Waals surface area contributed by atoms with Crippen molar-refractivity contribution < 1.29 is 10.0 Å². The number of likely N-dealkylation sites (N-methyl/N-ethyl adjacent to an activating group) is 1. The van der Waals surface area contributed by atoms with Gasteiger partial charge >= 0.3 is 7.12 Å². The smallest absolute Gasteiger partial charge is 0.423 e. The van der Waals surface area contributed by atoms with Crippen molar-refractivity contribution in [2.75, 3.05) is 33.2 Å². The highest BCUT2D eigenvalue weighted by molar-refractivity contribution is 6.58. The van der Waals surface area contributed by atoms with Crippen molar-refractivity contribution in [3.8, 4) is 0 Å². The molecule has 0 aromatic heterocycles. The van der Waals surface area contributed by atoms with E-state index in [0.29, 0.717) is 10.5 Å². The molecule has 0 unspecified atom stereocenters. The molecule has 98 valence electrons. The predicted octanol–water partition coefficient (Wildman–Crippen LogP) is -0.233. The van der Waals surface area contributed by atoms with Gasteiger partial charge in [-0.25, -0.2) is 0 Å². The van der Waals surface area contributed by atoms with Crippen LogP contribution in [0.1, 0.15) is 5.56 Å². The normalized spacial score (nSPS) is 18.0. The molecule has 2 rings (SSSR count). The van der Waals surface area contributed by atoms with Crippen LogP contribution in [-0.2, 0) is 6.54 Å². The maximum absolute atomic E-state index is 9.17. The second-order valence-corrected chi connectivity index (χ2v) is 5.21. The van der Waals surface area contributed by atoms with Crippen LogP contribution in [0.2, 0.25) is 5.02 Å². The van der Waals surface area contributed by atoms with Gasteiger partial charge < -0.3 is 14.9 Å². The van der Waals surface area contributed by atoms with Gasteiger partial charge in [0, 0.05) is 37.7 Å². The molecule has 1 fully saturated rings. The average molecular weight is 269 g/mol. The summed E-state index contributed by atoms with van der Waals surface area (Å²) < 4.78 is 0. The summed E-state index contributed by atoms with van der Waals surface area (Å²) >= 11 is 6.15. The first-order chi connectivity index (χ1) is 8.56. The van der Waals surface area contributed by atoms with Crippen LogP contribution >= 0.6 is 11.6 Å². The standard InChI is InChI=1S/C12H18BClN2O2/c1-15-4-6-16(7-5-15)9-10-8-11(13(17)18)2-3-12(10)14/h2-3,8,17-18H,4-7,9H2,1H3. The van der Waals surface area contributed by atoms with Gasteiger partial charge in [0.25, 0.3) is 0 Å². The second kappa shape index (κ2) is 6.04. The van der Waals surface area contributed by atoms with Crippen LogP contribution in [0.3, 0.4) is 0 Å². The van der Waals surface area contributed by atoms with Gasteiger partial charge in [0.1, 0.15) is 0 Å². The van der Waals surface area contributed by atoms with Crippen LogP contribution in [-0.4, -0.2) is 60.2 Å². The van der Waals surface area contributed by atoms with Crippen molar-refractivity contribution in [3.63, 3.8) is 0 Å². The fraction of sp³-hybridized carbons (Fsp3) is 0.500. The van der Waals surface area contributed by atoms with Crippen LogP contribution in [0, 0.1) is 0 Å². The number of halogens is 1. The lowest BCUT2D eigenvalue weighted by molar-refractivity contribution is 0.148. The largest absolute Gasteiger partial charge is 0.488 e. The van der Waals surface area contributed by atoms with Gasteiger partial charge in [0.05, 0.1) is 0 Å². The van der Waals surface area contributed by atoms with Crippen LogP contribution in [0.25, 0.3) is 0 Å². The van der Waals surface area contributed by atoms with Crippen LogP contribution in [0.15, 0.2) is 18.2 Å². The maximum Gasteiger partial charge on any atom is 0.488 e. The first-order valence-electron chi connectivity index (χ1n) is 6.11. The Morgan fingerprint density at radius 1 is 1.22 bits per heavy atom. The third kappa shape index (κ3) is 3.46. The molecule has 4 nitrogen and oxygen atoms in total. The van der Waals surface area contributed by atoms with E-state index in [9.17, 15) is 10.0 Å². The highest BCUT2D eigenvalue weighted by Crippen LogP contribution is 2.17. The minimum Gasteiger partial charge on any atom is -0.423 e. The van der Waals surface area contributed by atoms with Crippen molar-refractivity contribution in [3.05, 3.63) is 28.8 Å². The topological polar surface area (TPSA) is 46.9 Å². The number of hydrogen-bond acceptors (Lipinski definition) is 4. The van der Waals surface area contributed by atoms with E-state index in [2.05, 4.69) is 16.8 Å². The molecule has 0 aliphatic carbocycles. The van der Waals surface area contributed by atoms with E-state index in [0.717, 1.165) is 38.3 Å². The first-order valence-corrected chi connectivity index (χ1v) is 6.49. The number of piperazine rings is 1. The molecule has 1 heterocycles. The molecule has 2 N–H and O–H groups in total. The Hall–Kier alpha value is -0.585. The summed E-state index contributed by atoms with van der Waals surface area (Å²) in [6.45, 7) is 4.89. The predicted molar refractivity (Wildman–Crippen MR) is 74.1 cm³/mol. The Bertz CT molecular complexity index is 409. The van der Waals surface area contributed by atoms with Crippen molar-refractivity contribution in [1.29, 1.82) is 0 Å². The highest BCUT2D eigenvalue weighted by atomic mass is 35.5. The minimum absolute atomic E-state index is 0.489. The molecule has 1 aliphatic rings. The Labute approximate surface area is 113 Å². The fourth-order valence-electron chi connectivity index (χ4n) is 2.12. The van der Waals surface area contributed by atoms with Gasteiger partial charge in [-0.2, -0.15) is 0 Å². The molecule has 1 aliphatic heterocycles. The van der Waals surface area contributed by atoms with Gasteiger partial charge in [-0.1, -0.05) is 23.7 Å². The molecule has 1 aromatic rings. The minimum atomic E-state index is -1.44. The monoisotopic (exact) mass is 268 g/mol. The van der Waals surface area contributed by atoms with E-state index in [1.165, 1.54) is 0 Å². The molecule has 0 atom stereocenters. The zero-order valence-corrected chi connectivity index (χ0v) is 11.3. The van der Waals surface area contributed by atoms with Gasteiger partial charge in [0.2, 0.25) is 0 Å². The summed E-state index contributed by atoms with van der Waals surface area (Å²) in [4.78, 5) is 4.63. The number of benzene rings is 1. The molecule has 0 saturated carbocycles. The van der Waals surface area contributed by atoms with Gasteiger partial charge in [-0.15, -0.1) is 0 Å². The van der Waals surface area contributed by atoms with Crippen LogP contribution < -0.4 is 5.46 Å². The Morgan fingerprint density at radius 2 is 1.89 bits per heavy atom. The molecule has 0 spiro atoms. The van der Waals surface area contributed by atoms with E-state index >= 15 is 0 Å². The van der Waals surface area contributed by atoms with Gasteiger partial charge in [0.15, 0.2) is 0 Å². The summed E-state index contributed by atoms with van der Waals surface area (Å²) in [5, 5.41) is 19.0. The Kier molecular flexibility index (Phi) is 4.64. The summed E-state index contributed by atoms with van der Waals surface area (Å²) in [6.07, 6.45) is 0. The summed E-state index contributed by atoms with van der Waals surface area (Å²) in [6, 6.07) is 5.13. The third-order valence-corrected chi connectivity index (χ3v) is 3.73. The van der Waals surface area contributed by atoms with Crippen LogP contribution in [0.4, 0.5) is 0 Å². The van der Waals surface area contributed by atoms with Crippen LogP contribution in [0.5, 0.6) is 0 Å². The van der Waals surface area contributed by atoms with E-state index in [4.69, 9.17) is 11.6 Å². The molecular weight excluding hydrogens is 250 g/mol. The fourth-order valence-corrected chi connectivity index (χ4v) is 2.30. The second-order valence-electron chi connectivity index (χ2n) is 4.80. The lowest BCUT2D eigenvalue weighted by Gasteiger charge is -2.32. The molecule has 18 heavy (non-hydrogen) atoms. The third-order valence-electron chi connectivity index (χ3n) is 3.36. The van der Waals surface area contributed by atoms with Crippen molar-refractivity contribution >= 4 is 24.2 Å². The van der Waals surface area contributed by atoms with E-state index < -0.39 is 7.12 Å². The average Bonchev–Trinajstić information content (AvgIpc) is 2.34. The molecule has 1 aromatic carbocycles. The van der Waals surface area contributed by atoms with Gasteiger partial charge in [-0.3, -0.25) is 4.90 Å². The quantitative estimate of drug-likeness (QED) is 0.744. The molecule has 0 amide bonds. The molecule has 6 heteroatoms. The maximum atomic E-state index is 9.17. The van der Waals surface area contributed by atoms with Gasteiger partial charge in [-0.05, 0) is 24.1 Å².